The number of nitriles is 1. The normalized spacial score (nSPS) is 10.8. The predicted molar refractivity (Wildman–Crippen MR) is 41.2 cm³/mol. The van der Waals surface area contributed by atoms with Gasteiger partial charge in [0.15, 0.2) is 6.07 Å². The minimum absolute atomic E-state index is 0.0914. The van der Waals surface area contributed by atoms with Gasteiger partial charge in [0, 0.05) is 0 Å². The van der Waals surface area contributed by atoms with Gasteiger partial charge in [-0.15, -0.1) is 0 Å². The maximum Gasteiger partial charge on any atom is 0.365 e. The number of nitro groups is 1. The van der Waals surface area contributed by atoms with Crippen molar-refractivity contribution in [3.05, 3.63) is 21.5 Å². The lowest BCUT2D eigenvalue weighted by atomic mass is 10.4. The van der Waals surface area contributed by atoms with Crippen molar-refractivity contribution < 1.29 is 9.72 Å². The zero-order valence-electron chi connectivity index (χ0n) is 6.70. The molecule has 0 spiro atoms. The van der Waals surface area contributed by atoms with Crippen molar-refractivity contribution in [2.75, 3.05) is 0 Å². The van der Waals surface area contributed by atoms with E-state index in [2.05, 4.69) is 11.2 Å². The Morgan fingerprint density at radius 3 is 2.46 bits per heavy atom. The Labute approximate surface area is 73.1 Å². The zero-order valence-corrected chi connectivity index (χ0v) is 6.70. The van der Waals surface area contributed by atoms with Gasteiger partial charge in [-0.05, 0) is 6.92 Å². The summed E-state index contributed by atoms with van der Waals surface area (Å²) in [6, 6.07) is 0.448. The van der Waals surface area contributed by atoms with Gasteiger partial charge in [0.1, 0.15) is 5.70 Å². The largest absolute Gasteiger partial charge is 0.365 e. The smallest absolute Gasteiger partial charge is 0.350 e. The minimum Gasteiger partial charge on any atom is -0.350 e. The van der Waals surface area contributed by atoms with E-state index in [0.29, 0.717) is 0 Å². The highest BCUT2D eigenvalue weighted by Crippen LogP contribution is 1.98. The van der Waals surface area contributed by atoms with E-state index in [0.717, 1.165) is 0 Å². The number of nitrogens with one attached hydrogen (secondary N) is 2. The van der Waals surface area contributed by atoms with Crippen LogP contribution in [0.3, 0.4) is 0 Å². The van der Waals surface area contributed by atoms with Crippen LogP contribution in [0, 0.1) is 21.4 Å². The molecule has 0 fully saturated rings. The van der Waals surface area contributed by atoms with Crippen LogP contribution in [0.15, 0.2) is 11.4 Å². The van der Waals surface area contributed by atoms with E-state index >= 15 is 0 Å². The number of amides is 2. The molecule has 2 amide bonds. The number of carbonyl (C=O) groups excluding carboxylic acids is 1. The first-order valence-electron chi connectivity index (χ1n) is 3.06. The third kappa shape index (κ3) is 3.57. The van der Waals surface area contributed by atoms with E-state index in [-0.39, 0.29) is 5.70 Å². The third-order valence-electron chi connectivity index (χ3n) is 1.02. The standard InChI is InChI=1S/C5H7N5O3/c1-3(8-9-5(7)11)4(2-6)10(12)13/h8H,1H3,(H3,7,9,11). The second-order valence-corrected chi connectivity index (χ2v) is 1.96. The average molecular weight is 185 g/mol. The van der Waals surface area contributed by atoms with Crippen LogP contribution >= 0.6 is 0 Å². The van der Waals surface area contributed by atoms with Crippen LogP contribution in [0.2, 0.25) is 0 Å². The molecule has 0 rings (SSSR count). The molecule has 0 heterocycles. The van der Waals surface area contributed by atoms with E-state index in [9.17, 15) is 14.9 Å². The maximum absolute atomic E-state index is 10.2. The molecule has 8 heteroatoms. The lowest BCUT2D eigenvalue weighted by molar-refractivity contribution is -0.419. The van der Waals surface area contributed by atoms with E-state index in [4.69, 9.17) is 5.26 Å². The highest BCUT2D eigenvalue weighted by Gasteiger charge is 2.14. The molecule has 0 aromatic carbocycles. The number of hydrazine groups is 1. The quantitative estimate of drug-likeness (QED) is 0.300. The van der Waals surface area contributed by atoms with E-state index in [1.165, 1.54) is 13.0 Å². The van der Waals surface area contributed by atoms with Gasteiger partial charge >= 0.3 is 11.7 Å². The van der Waals surface area contributed by atoms with Crippen molar-refractivity contribution in [3.8, 4) is 6.07 Å². The van der Waals surface area contributed by atoms with Crippen molar-refractivity contribution in [1.82, 2.24) is 10.9 Å². The van der Waals surface area contributed by atoms with Crippen LogP contribution in [-0.4, -0.2) is 11.0 Å². The molecule has 0 saturated heterocycles. The Bertz CT molecular complexity index is 302. The molecule has 0 radical (unpaired) electrons. The molecule has 0 aromatic rings. The fourth-order valence-corrected chi connectivity index (χ4v) is 0.476. The predicted octanol–water partition coefficient (Wildman–Crippen LogP) is -0.809. The summed E-state index contributed by atoms with van der Waals surface area (Å²) < 4.78 is 0. The molecule has 4 N–H and O–H groups in total. The van der Waals surface area contributed by atoms with Crippen molar-refractivity contribution in [2.24, 2.45) is 5.73 Å². The molecule has 0 aliphatic rings. The first-order valence-corrected chi connectivity index (χ1v) is 3.06. The Morgan fingerprint density at radius 1 is 1.62 bits per heavy atom. The Kier molecular flexibility index (Phi) is 3.75. The summed E-state index contributed by atoms with van der Waals surface area (Å²) in [5.74, 6) is 0. The number of nitrogens with zero attached hydrogens (tertiary/aromatic N) is 2. The third-order valence-corrected chi connectivity index (χ3v) is 1.02. The molecular weight excluding hydrogens is 178 g/mol. The monoisotopic (exact) mass is 185 g/mol. The zero-order chi connectivity index (χ0) is 10.4. The van der Waals surface area contributed by atoms with Gasteiger partial charge in [-0.2, -0.15) is 5.26 Å². The summed E-state index contributed by atoms with van der Waals surface area (Å²) in [5, 5.41) is 18.5. The number of hydrogen-bond acceptors (Lipinski definition) is 5. The molecule has 0 saturated carbocycles. The Balaban J connectivity index is 4.51. The number of rotatable bonds is 3. The van der Waals surface area contributed by atoms with Crippen LogP contribution in [-0.2, 0) is 0 Å². The highest BCUT2D eigenvalue weighted by molar-refractivity contribution is 5.71. The van der Waals surface area contributed by atoms with Crippen LogP contribution in [0.1, 0.15) is 6.92 Å². The molecule has 0 aliphatic heterocycles. The van der Waals surface area contributed by atoms with E-state index < -0.39 is 16.7 Å². The van der Waals surface area contributed by atoms with Crippen molar-refractivity contribution in [3.63, 3.8) is 0 Å². The number of primary amides is 1. The first-order chi connectivity index (χ1) is 5.99. The molecule has 13 heavy (non-hydrogen) atoms. The SMILES string of the molecule is CC(NNC(N)=O)=C(C#N)[N+](=O)[O-]. The van der Waals surface area contributed by atoms with Crippen molar-refractivity contribution >= 4 is 6.03 Å². The second-order valence-electron chi connectivity index (χ2n) is 1.96. The van der Waals surface area contributed by atoms with Crippen molar-refractivity contribution in [2.45, 2.75) is 6.92 Å². The van der Waals surface area contributed by atoms with Gasteiger partial charge in [-0.1, -0.05) is 0 Å². The lowest BCUT2D eigenvalue weighted by Gasteiger charge is -2.03. The molecular formula is C5H7N5O3. The van der Waals surface area contributed by atoms with E-state index in [1.54, 1.807) is 0 Å². The van der Waals surface area contributed by atoms with Gasteiger partial charge in [-0.25, -0.2) is 4.79 Å². The second kappa shape index (κ2) is 4.55. The van der Waals surface area contributed by atoms with Gasteiger partial charge in [0.05, 0.1) is 4.92 Å². The van der Waals surface area contributed by atoms with Gasteiger partial charge < -0.3 is 5.73 Å². The van der Waals surface area contributed by atoms with Crippen LogP contribution < -0.4 is 16.6 Å². The van der Waals surface area contributed by atoms with Gasteiger partial charge in [-0.3, -0.25) is 21.0 Å². The number of allylic oxidation sites excluding steroid dienone is 2. The highest BCUT2D eigenvalue weighted by atomic mass is 16.6. The van der Waals surface area contributed by atoms with Crippen molar-refractivity contribution in [1.29, 1.82) is 5.26 Å². The first kappa shape index (κ1) is 10.7. The molecule has 0 unspecified atom stereocenters. The molecule has 8 nitrogen and oxygen atoms in total. The van der Waals surface area contributed by atoms with Crippen LogP contribution in [0.5, 0.6) is 0 Å². The Morgan fingerprint density at radius 2 is 2.15 bits per heavy atom. The number of urea groups is 1. The summed E-state index contributed by atoms with van der Waals surface area (Å²) in [4.78, 5) is 19.4. The lowest BCUT2D eigenvalue weighted by Crippen LogP contribution is -2.40. The summed E-state index contributed by atoms with van der Waals surface area (Å²) in [5.41, 5.74) is 7.89. The number of nitrogens with two attached hydrogens (primary N) is 1. The van der Waals surface area contributed by atoms with E-state index in [1.807, 2.05) is 5.43 Å². The molecule has 0 aromatic heterocycles. The maximum atomic E-state index is 10.2. The topological polar surface area (TPSA) is 134 Å². The summed E-state index contributed by atoms with van der Waals surface area (Å²) in [6.45, 7) is 1.26. The fourth-order valence-electron chi connectivity index (χ4n) is 0.476. The van der Waals surface area contributed by atoms with Gasteiger partial charge in [0.25, 0.3) is 0 Å². The Hall–Kier alpha value is -2.30. The average Bonchev–Trinajstić information content (AvgIpc) is 2.01. The summed E-state index contributed by atoms with van der Waals surface area (Å²) in [6.07, 6.45) is 0. The molecule has 0 bridgehead atoms. The van der Waals surface area contributed by atoms with Gasteiger partial charge in [0.2, 0.25) is 0 Å². The number of hydrogen-bond donors (Lipinski definition) is 3. The molecule has 70 valence electrons. The minimum atomic E-state index is -0.903. The summed E-state index contributed by atoms with van der Waals surface area (Å²) >= 11 is 0. The summed E-state index contributed by atoms with van der Waals surface area (Å²) in [7, 11) is 0. The van der Waals surface area contributed by atoms with Crippen LogP contribution in [0.25, 0.3) is 0 Å². The molecule has 0 aliphatic carbocycles. The molecule has 0 atom stereocenters. The van der Waals surface area contributed by atoms with Crippen LogP contribution in [0.4, 0.5) is 4.79 Å². The fraction of sp³-hybridized carbons (Fsp3) is 0.200. The number of carbonyl (C=O) groups is 1.